The second-order valence-corrected chi connectivity index (χ2v) is 5.16. The third-order valence-electron chi connectivity index (χ3n) is 3.64. The number of hydrogen-bond donors (Lipinski definition) is 1. The van der Waals surface area contributed by atoms with Crippen molar-refractivity contribution in [2.45, 2.75) is 13.0 Å². The van der Waals surface area contributed by atoms with Crippen LogP contribution >= 0.6 is 0 Å². The number of aromatic nitrogens is 1. The second kappa shape index (κ2) is 5.92. The molecule has 0 spiro atoms. The normalized spacial score (nSPS) is 12.0. The molecule has 0 amide bonds. The van der Waals surface area contributed by atoms with Crippen LogP contribution in [0.4, 0.5) is 11.5 Å². The van der Waals surface area contributed by atoms with Crippen LogP contribution in [0.1, 0.15) is 18.6 Å². The van der Waals surface area contributed by atoms with E-state index in [0.29, 0.717) is 22.3 Å². The Morgan fingerprint density at radius 3 is 2.61 bits per heavy atom. The molecule has 1 heterocycles. The molecule has 6 nitrogen and oxygen atoms in total. The van der Waals surface area contributed by atoms with Crippen molar-refractivity contribution in [3.05, 3.63) is 70.4 Å². The number of nitro benzene ring substituents is 1. The van der Waals surface area contributed by atoms with E-state index in [1.54, 1.807) is 30.5 Å². The first-order valence-corrected chi connectivity index (χ1v) is 7.10. The van der Waals surface area contributed by atoms with E-state index in [-0.39, 0.29) is 16.7 Å². The Balaban J connectivity index is 2.01. The largest absolute Gasteiger partial charge is 0.485 e. The van der Waals surface area contributed by atoms with Crippen LogP contribution in [0.15, 0.2) is 54.7 Å². The fourth-order valence-corrected chi connectivity index (χ4v) is 2.49. The van der Waals surface area contributed by atoms with Gasteiger partial charge in [-0.25, -0.2) is 4.98 Å². The maximum atomic E-state index is 11.2. The quantitative estimate of drug-likeness (QED) is 0.583. The number of nitrogens with zero attached hydrogens (tertiary/aromatic N) is 2. The van der Waals surface area contributed by atoms with Crippen molar-refractivity contribution in [3.63, 3.8) is 0 Å². The zero-order valence-electron chi connectivity index (χ0n) is 12.5. The molecule has 3 aromatic rings. The first kappa shape index (κ1) is 14.8. The predicted octanol–water partition coefficient (Wildman–Crippen LogP) is 3.87. The van der Waals surface area contributed by atoms with Gasteiger partial charge in [0.1, 0.15) is 17.7 Å². The van der Waals surface area contributed by atoms with Gasteiger partial charge < -0.3 is 10.5 Å². The number of benzene rings is 2. The summed E-state index contributed by atoms with van der Waals surface area (Å²) in [6, 6.07) is 13.8. The molecule has 1 atom stereocenters. The van der Waals surface area contributed by atoms with E-state index in [4.69, 9.17) is 10.5 Å². The Hall–Kier alpha value is -3.15. The molecule has 2 aromatic carbocycles. The van der Waals surface area contributed by atoms with Crippen molar-refractivity contribution in [2.75, 3.05) is 5.73 Å². The van der Waals surface area contributed by atoms with Crippen LogP contribution in [-0.2, 0) is 0 Å². The third-order valence-corrected chi connectivity index (χ3v) is 3.64. The Bertz CT molecular complexity index is 880. The molecular formula is C17H15N3O3. The van der Waals surface area contributed by atoms with E-state index >= 15 is 0 Å². The molecule has 0 aliphatic carbocycles. The number of nitrogens with two attached hydrogens (primary N) is 1. The lowest BCUT2D eigenvalue weighted by Crippen LogP contribution is -2.05. The number of rotatable bonds is 4. The number of pyridine rings is 1. The minimum absolute atomic E-state index is 0.0637. The van der Waals surface area contributed by atoms with Crippen LogP contribution in [-0.4, -0.2) is 9.91 Å². The van der Waals surface area contributed by atoms with E-state index in [0.717, 1.165) is 5.56 Å². The van der Waals surface area contributed by atoms with Crippen molar-refractivity contribution in [2.24, 2.45) is 0 Å². The van der Waals surface area contributed by atoms with Crippen molar-refractivity contribution < 1.29 is 9.66 Å². The standard InChI is InChI=1S/C17H15N3O3/c1-11(12-8-9-19-17(18)10-12)23-16-7-6-15(20(21)22)13-4-2-3-5-14(13)16/h2-11H,1H3,(H2,18,19). The van der Waals surface area contributed by atoms with Crippen LogP contribution in [0, 0.1) is 10.1 Å². The summed E-state index contributed by atoms with van der Waals surface area (Å²) in [5.41, 5.74) is 6.64. The molecule has 0 fully saturated rings. The first-order valence-electron chi connectivity index (χ1n) is 7.10. The van der Waals surface area contributed by atoms with Gasteiger partial charge in [-0.05, 0) is 36.8 Å². The molecule has 0 aliphatic heterocycles. The summed E-state index contributed by atoms with van der Waals surface area (Å²) in [6.45, 7) is 1.89. The molecule has 1 unspecified atom stereocenters. The zero-order chi connectivity index (χ0) is 16.4. The SMILES string of the molecule is CC(Oc1ccc([N+](=O)[O-])c2ccccc12)c1ccnc(N)c1. The van der Waals surface area contributed by atoms with E-state index < -0.39 is 0 Å². The molecule has 23 heavy (non-hydrogen) atoms. The smallest absolute Gasteiger partial charge is 0.277 e. The maximum Gasteiger partial charge on any atom is 0.277 e. The predicted molar refractivity (Wildman–Crippen MR) is 88.3 cm³/mol. The Morgan fingerprint density at radius 1 is 1.17 bits per heavy atom. The summed E-state index contributed by atoms with van der Waals surface area (Å²) in [6.07, 6.45) is 1.36. The first-order chi connectivity index (χ1) is 11.1. The monoisotopic (exact) mass is 309 g/mol. The molecule has 0 bridgehead atoms. The number of non-ortho nitro benzene ring substituents is 1. The maximum absolute atomic E-state index is 11.2. The van der Waals surface area contributed by atoms with Gasteiger partial charge in [0.15, 0.2) is 0 Å². The van der Waals surface area contributed by atoms with Gasteiger partial charge in [0.05, 0.1) is 10.3 Å². The number of hydrogen-bond acceptors (Lipinski definition) is 5. The topological polar surface area (TPSA) is 91.3 Å². The van der Waals surface area contributed by atoms with Gasteiger partial charge in [-0.1, -0.05) is 18.2 Å². The van der Waals surface area contributed by atoms with E-state index in [2.05, 4.69) is 4.98 Å². The van der Waals surface area contributed by atoms with E-state index in [9.17, 15) is 10.1 Å². The summed E-state index contributed by atoms with van der Waals surface area (Å²) in [7, 11) is 0. The van der Waals surface area contributed by atoms with E-state index in [1.807, 2.05) is 25.1 Å². The van der Waals surface area contributed by atoms with Crippen molar-refractivity contribution >= 4 is 22.3 Å². The summed E-state index contributed by atoms with van der Waals surface area (Å²) >= 11 is 0. The Labute approximate surface area is 132 Å². The molecule has 1 aromatic heterocycles. The molecule has 2 N–H and O–H groups in total. The van der Waals surface area contributed by atoms with Gasteiger partial charge in [0, 0.05) is 17.6 Å². The van der Waals surface area contributed by atoms with Crippen LogP contribution < -0.4 is 10.5 Å². The zero-order valence-corrected chi connectivity index (χ0v) is 12.5. The molecule has 0 saturated carbocycles. The highest BCUT2D eigenvalue weighted by molar-refractivity contribution is 5.95. The van der Waals surface area contributed by atoms with Crippen molar-refractivity contribution in [1.82, 2.24) is 4.98 Å². The highest BCUT2D eigenvalue weighted by Gasteiger charge is 2.16. The minimum atomic E-state index is -0.390. The molecule has 3 rings (SSSR count). The summed E-state index contributed by atoms with van der Waals surface area (Å²) in [5.74, 6) is 1.01. The van der Waals surface area contributed by atoms with E-state index in [1.165, 1.54) is 6.07 Å². The highest BCUT2D eigenvalue weighted by atomic mass is 16.6. The van der Waals surface area contributed by atoms with Crippen LogP contribution in [0.2, 0.25) is 0 Å². The Morgan fingerprint density at radius 2 is 1.91 bits per heavy atom. The number of fused-ring (bicyclic) bond motifs is 1. The molecule has 0 saturated heterocycles. The minimum Gasteiger partial charge on any atom is -0.485 e. The van der Waals surface area contributed by atoms with Gasteiger partial charge in [-0.3, -0.25) is 10.1 Å². The average Bonchev–Trinajstić information content (AvgIpc) is 2.54. The molecule has 0 radical (unpaired) electrons. The lowest BCUT2D eigenvalue weighted by Gasteiger charge is -2.17. The summed E-state index contributed by atoms with van der Waals surface area (Å²) in [4.78, 5) is 14.7. The summed E-state index contributed by atoms with van der Waals surface area (Å²) in [5, 5.41) is 12.4. The highest BCUT2D eigenvalue weighted by Crippen LogP contribution is 2.35. The van der Waals surface area contributed by atoms with Crippen LogP contribution in [0.5, 0.6) is 5.75 Å². The Kier molecular flexibility index (Phi) is 3.80. The fraction of sp³-hybridized carbons (Fsp3) is 0.118. The lowest BCUT2D eigenvalue weighted by atomic mass is 10.1. The number of anilines is 1. The third kappa shape index (κ3) is 2.91. The van der Waals surface area contributed by atoms with Gasteiger partial charge in [-0.2, -0.15) is 0 Å². The van der Waals surface area contributed by atoms with Gasteiger partial charge in [0.25, 0.3) is 5.69 Å². The second-order valence-electron chi connectivity index (χ2n) is 5.16. The molecule has 6 heteroatoms. The lowest BCUT2D eigenvalue weighted by molar-refractivity contribution is -0.383. The number of nitro groups is 1. The number of nitrogen functional groups attached to an aromatic ring is 1. The van der Waals surface area contributed by atoms with Crippen LogP contribution in [0.3, 0.4) is 0 Å². The number of ether oxygens (including phenoxy) is 1. The van der Waals surface area contributed by atoms with Crippen LogP contribution in [0.25, 0.3) is 10.8 Å². The van der Waals surface area contributed by atoms with Gasteiger partial charge in [-0.15, -0.1) is 0 Å². The fourth-order valence-electron chi connectivity index (χ4n) is 2.49. The van der Waals surface area contributed by atoms with Gasteiger partial charge >= 0.3 is 0 Å². The van der Waals surface area contributed by atoms with Crippen molar-refractivity contribution in [1.29, 1.82) is 0 Å². The molecule has 0 aliphatic rings. The van der Waals surface area contributed by atoms with Crippen molar-refractivity contribution in [3.8, 4) is 5.75 Å². The van der Waals surface area contributed by atoms with Gasteiger partial charge in [0.2, 0.25) is 0 Å². The molecule has 116 valence electrons. The molecular weight excluding hydrogens is 294 g/mol. The summed E-state index contributed by atoms with van der Waals surface area (Å²) < 4.78 is 6.00. The average molecular weight is 309 g/mol.